The standard InChI is InChI=1S/C15H19N5/c1-11-7-15(18-12(2)14(11)8-16)19(3)6-5-13-9-17-20(4)10-13/h7,9-10H,5-6H2,1-4H3. The van der Waals surface area contributed by atoms with Crippen LogP contribution < -0.4 is 4.90 Å². The van der Waals surface area contributed by atoms with E-state index in [0.29, 0.717) is 5.56 Å². The molecule has 2 rings (SSSR count). The highest BCUT2D eigenvalue weighted by Gasteiger charge is 2.09. The molecule has 0 bridgehead atoms. The first-order valence-electron chi connectivity index (χ1n) is 6.58. The molecule has 0 amide bonds. The third kappa shape index (κ3) is 2.97. The third-order valence-electron chi connectivity index (χ3n) is 3.38. The Balaban J connectivity index is 2.10. The van der Waals surface area contributed by atoms with Crippen LogP contribution in [0.15, 0.2) is 18.5 Å². The minimum absolute atomic E-state index is 0.675. The van der Waals surface area contributed by atoms with Gasteiger partial charge < -0.3 is 4.90 Å². The minimum atomic E-state index is 0.675. The Morgan fingerprint density at radius 2 is 2.15 bits per heavy atom. The van der Waals surface area contributed by atoms with Crippen LogP contribution in [-0.4, -0.2) is 28.4 Å². The monoisotopic (exact) mass is 269 g/mol. The molecule has 2 aromatic heterocycles. The number of anilines is 1. The van der Waals surface area contributed by atoms with Gasteiger partial charge in [-0.2, -0.15) is 10.4 Å². The highest BCUT2D eigenvalue weighted by atomic mass is 15.2. The summed E-state index contributed by atoms with van der Waals surface area (Å²) in [5.41, 5.74) is 3.65. The fourth-order valence-corrected chi connectivity index (χ4v) is 2.19. The number of hydrogen-bond acceptors (Lipinski definition) is 4. The van der Waals surface area contributed by atoms with Gasteiger partial charge in [0.25, 0.3) is 0 Å². The van der Waals surface area contributed by atoms with E-state index >= 15 is 0 Å². The van der Waals surface area contributed by atoms with Gasteiger partial charge in [-0.15, -0.1) is 0 Å². The van der Waals surface area contributed by atoms with Crippen LogP contribution in [0.25, 0.3) is 0 Å². The molecule has 0 aliphatic heterocycles. The van der Waals surface area contributed by atoms with E-state index in [2.05, 4.69) is 21.1 Å². The first-order valence-corrected chi connectivity index (χ1v) is 6.58. The molecular formula is C15H19N5. The van der Waals surface area contributed by atoms with Gasteiger partial charge in [0.05, 0.1) is 17.5 Å². The van der Waals surface area contributed by atoms with E-state index in [1.807, 2.05) is 51.1 Å². The molecule has 0 saturated carbocycles. The Labute approximate surface area is 119 Å². The van der Waals surface area contributed by atoms with Crippen molar-refractivity contribution in [3.8, 4) is 6.07 Å². The molecule has 0 radical (unpaired) electrons. The summed E-state index contributed by atoms with van der Waals surface area (Å²) >= 11 is 0. The summed E-state index contributed by atoms with van der Waals surface area (Å²) in [6.45, 7) is 4.69. The Bertz CT molecular complexity index is 628. The van der Waals surface area contributed by atoms with Gasteiger partial charge >= 0.3 is 0 Å². The van der Waals surface area contributed by atoms with Crippen LogP contribution in [0.2, 0.25) is 0 Å². The van der Waals surface area contributed by atoms with E-state index < -0.39 is 0 Å². The molecule has 0 unspecified atom stereocenters. The van der Waals surface area contributed by atoms with Gasteiger partial charge in [-0.3, -0.25) is 4.68 Å². The second kappa shape index (κ2) is 5.74. The van der Waals surface area contributed by atoms with Crippen molar-refractivity contribution in [1.29, 1.82) is 5.26 Å². The first-order chi connectivity index (χ1) is 9.51. The van der Waals surface area contributed by atoms with Crippen LogP contribution in [-0.2, 0) is 13.5 Å². The molecule has 0 aliphatic rings. The van der Waals surface area contributed by atoms with E-state index in [0.717, 1.165) is 30.0 Å². The lowest BCUT2D eigenvalue weighted by atomic mass is 10.1. The normalized spacial score (nSPS) is 10.3. The fourth-order valence-electron chi connectivity index (χ4n) is 2.19. The van der Waals surface area contributed by atoms with Gasteiger partial charge in [0.1, 0.15) is 11.9 Å². The Kier molecular flexibility index (Phi) is 4.04. The molecule has 2 heterocycles. The molecule has 5 heteroatoms. The number of hydrogen-bond donors (Lipinski definition) is 0. The van der Waals surface area contributed by atoms with Crippen LogP contribution >= 0.6 is 0 Å². The molecule has 0 N–H and O–H groups in total. The first kappa shape index (κ1) is 14.1. The van der Waals surface area contributed by atoms with E-state index in [-0.39, 0.29) is 0 Å². The summed E-state index contributed by atoms with van der Waals surface area (Å²) in [7, 11) is 3.94. The quantitative estimate of drug-likeness (QED) is 0.851. The zero-order chi connectivity index (χ0) is 14.7. The number of aryl methyl sites for hydroxylation is 3. The topological polar surface area (TPSA) is 57.7 Å². The average Bonchev–Trinajstić information content (AvgIpc) is 2.81. The Morgan fingerprint density at radius 3 is 2.70 bits per heavy atom. The molecule has 0 fully saturated rings. The molecule has 0 aliphatic carbocycles. The number of pyridine rings is 1. The number of nitriles is 1. The zero-order valence-corrected chi connectivity index (χ0v) is 12.4. The predicted octanol–water partition coefficient (Wildman–Crippen LogP) is 1.98. The maximum Gasteiger partial charge on any atom is 0.128 e. The van der Waals surface area contributed by atoms with Crippen LogP contribution in [0.3, 0.4) is 0 Å². The second-order valence-corrected chi connectivity index (χ2v) is 5.06. The van der Waals surface area contributed by atoms with Crippen molar-refractivity contribution in [3.63, 3.8) is 0 Å². The summed E-state index contributed by atoms with van der Waals surface area (Å²) in [6.07, 6.45) is 4.83. The lowest BCUT2D eigenvalue weighted by molar-refractivity contribution is 0.766. The largest absolute Gasteiger partial charge is 0.359 e. The van der Waals surface area contributed by atoms with E-state index in [1.165, 1.54) is 5.56 Å². The molecule has 20 heavy (non-hydrogen) atoms. The second-order valence-electron chi connectivity index (χ2n) is 5.06. The Morgan fingerprint density at radius 1 is 1.40 bits per heavy atom. The molecule has 0 aromatic carbocycles. The third-order valence-corrected chi connectivity index (χ3v) is 3.38. The number of rotatable bonds is 4. The predicted molar refractivity (Wildman–Crippen MR) is 78.6 cm³/mol. The van der Waals surface area contributed by atoms with Gasteiger partial charge in [0.2, 0.25) is 0 Å². The SMILES string of the molecule is Cc1cc(N(C)CCc2cnn(C)c2)nc(C)c1C#N. The summed E-state index contributed by atoms with van der Waals surface area (Å²) < 4.78 is 1.81. The highest BCUT2D eigenvalue weighted by molar-refractivity contribution is 5.49. The minimum Gasteiger partial charge on any atom is -0.359 e. The summed E-state index contributed by atoms with van der Waals surface area (Å²) in [6, 6.07) is 4.17. The van der Waals surface area contributed by atoms with Crippen LogP contribution in [0, 0.1) is 25.2 Å². The number of aromatic nitrogens is 3. The van der Waals surface area contributed by atoms with Crippen LogP contribution in [0.5, 0.6) is 0 Å². The molecule has 0 spiro atoms. The van der Waals surface area contributed by atoms with Gasteiger partial charge in [0, 0.05) is 26.8 Å². The van der Waals surface area contributed by atoms with Crippen molar-refractivity contribution >= 4 is 5.82 Å². The maximum atomic E-state index is 9.07. The van der Waals surface area contributed by atoms with Crippen LogP contribution in [0.4, 0.5) is 5.82 Å². The summed E-state index contributed by atoms with van der Waals surface area (Å²) in [5, 5.41) is 13.2. The van der Waals surface area contributed by atoms with Crippen LogP contribution in [0.1, 0.15) is 22.4 Å². The maximum absolute atomic E-state index is 9.07. The highest BCUT2D eigenvalue weighted by Crippen LogP contribution is 2.18. The van der Waals surface area contributed by atoms with Crippen molar-refractivity contribution in [2.75, 3.05) is 18.5 Å². The van der Waals surface area contributed by atoms with Gasteiger partial charge in [-0.25, -0.2) is 4.98 Å². The fraction of sp³-hybridized carbons (Fsp3) is 0.400. The van der Waals surface area contributed by atoms with E-state index in [4.69, 9.17) is 5.26 Å². The van der Waals surface area contributed by atoms with E-state index in [1.54, 1.807) is 0 Å². The lowest BCUT2D eigenvalue weighted by Crippen LogP contribution is -2.22. The van der Waals surface area contributed by atoms with Gasteiger partial charge in [0.15, 0.2) is 0 Å². The molecular weight excluding hydrogens is 250 g/mol. The lowest BCUT2D eigenvalue weighted by Gasteiger charge is -2.19. The van der Waals surface area contributed by atoms with Gasteiger partial charge in [-0.05, 0) is 37.5 Å². The molecule has 0 saturated heterocycles. The van der Waals surface area contributed by atoms with Gasteiger partial charge in [-0.1, -0.05) is 0 Å². The zero-order valence-electron chi connectivity index (χ0n) is 12.4. The van der Waals surface area contributed by atoms with Crippen molar-refractivity contribution in [1.82, 2.24) is 14.8 Å². The summed E-state index contributed by atoms with van der Waals surface area (Å²) in [5.74, 6) is 0.905. The summed E-state index contributed by atoms with van der Waals surface area (Å²) in [4.78, 5) is 6.61. The smallest absolute Gasteiger partial charge is 0.128 e. The average molecular weight is 269 g/mol. The molecule has 2 aromatic rings. The number of nitrogens with zero attached hydrogens (tertiary/aromatic N) is 5. The molecule has 104 valence electrons. The number of likely N-dealkylation sites (N-methyl/N-ethyl adjacent to an activating group) is 1. The Hall–Kier alpha value is -2.35. The van der Waals surface area contributed by atoms with Crippen molar-refractivity contribution in [2.24, 2.45) is 7.05 Å². The van der Waals surface area contributed by atoms with E-state index in [9.17, 15) is 0 Å². The van der Waals surface area contributed by atoms with Crippen molar-refractivity contribution < 1.29 is 0 Å². The molecule has 0 atom stereocenters. The van der Waals surface area contributed by atoms with Crippen molar-refractivity contribution in [2.45, 2.75) is 20.3 Å². The van der Waals surface area contributed by atoms with Crippen molar-refractivity contribution in [3.05, 3.63) is 40.8 Å². The molecule has 5 nitrogen and oxygen atoms in total.